The van der Waals surface area contributed by atoms with Crippen LogP contribution < -0.4 is 9.46 Å². The number of nitro groups is 1. The van der Waals surface area contributed by atoms with Crippen molar-refractivity contribution in [3.8, 4) is 5.75 Å². The van der Waals surface area contributed by atoms with Gasteiger partial charge in [0.2, 0.25) is 15.8 Å². The third-order valence-electron chi connectivity index (χ3n) is 3.34. The fourth-order valence-electron chi connectivity index (χ4n) is 2.10. The van der Waals surface area contributed by atoms with Gasteiger partial charge in [0.15, 0.2) is 12.4 Å². The molecule has 2 rings (SSSR count). The number of sulfonamides is 1. The minimum Gasteiger partial charge on any atom is -0.477 e. The van der Waals surface area contributed by atoms with Crippen LogP contribution in [0.3, 0.4) is 0 Å². The number of hydrogen-bond acceptors (Lipinski definition) is 7. The van der Waals surface area contributed by atoms with Crippen LogP contribution in [0, 0.1) is 10.1 Å². The third kappa shape index (κ3) is 5.90. The van der Waals surface area contributed by atoms with E-state index in [1.165, 1.54) is 18.3 Å². The summed E-state index contributed by atoms with van der Waals surface area (Å²) < 4.78 is 29.6. The topological polar surface area (TPSA) is 128 Å². The van der Waals surface area contributed by atoms with Gasteiger partial charge in [0.05, 0.1) is 6.26 Å². The maximum atomic E-state index is 12.1. The molecule has 1 heterocycles. The van der Waals surface area contributed by atoms with Gasteiger partial charge < -0.3 is 14.9 Å². The summed E-state index contributed by atoms with van der Waals surface area (Å²) in [5, 5.41) is 10.9. The fraction of sp³-hybridized carbons (Fsp3) is 0.250. The predicted molar refractivity (Wildman–Crippen MR) is 93.7 cm³/mol. The number of nitrogens with zero attached hydrogens (tertiary/aromatic N) is 2. The number of aromatic nitrogens is 1. The monoisotopic (exact) mass is 379 g/mol. The Bertz CT molecular complexity index is 896. The normalized spacial score (nSPS) is 11.1. The molecule has 26 heavy (non-hydrogen) atoms. The van der Waals surface area contributed by atoms with Crippen molar-refractivity contribution < 1.29 is 22.9 Å². The first kappa shape index (κ1) is 19.5. The number of carbonyl (C=O) groups excluding carboxylic acids is 1. The van der Waals surface area contributed by atoms with Crippen molar-refractivity contribution in [3.05, 3.63) is 63.8 Å². The lowest BCUT2D eigenvalue weighted by atomic mass is 10.1. The SMILES string of the molecule is CS(=O)(=O)NCCc1ccc(C(=O)COc2cccnc2[N+](=O)[O-])cc1. The minimum atomic E-state index is -3.23. The number of benzene rings is 1. The Morgan fingerprint density at radius 1 is 1.27 bits per heavy atom. The Kier molecular flexibility index (Phi) is 6.36. The van der Waals surface area contributed by atoms with E-state index in [9.17, 15) is 23.3 Å². The summed E-state index contributed by atoms with van der Waals surface area (Å²) in [6, 6.07) is 9.47. The summed E-state index contributed by atoms with van der Waals surface area (Å²) in [4.78, 5) is 25.9. The number of ether oxygens (including phenoxy) is 1. The second-order valence-electron chi connectivity index (χ2n) is 5.41. The molecule has 0 bridgehead atoms. The quantitative estimate of drug-likeness (QED) is 0.395. The highest BCUT2D eigenvalue weighted by atomic mass is 32.2. The fourth-order valence-corrected chi connectivity index (χ4v) is 2.57. The predicted octanol–water partition coefficient (Wildman–Crippen LogP) is 1.34. The molecule has 0 aliphatic carbocycles. The van der Waals surface area contributed by atoms with Gasteiger partial charge in [-0.1, -0.05) is 24.3 Å². The van der Waals surface area contributed by atoms with Gasteiger partial charge in [-0.25, -0.2) is 13.1 Å². The van der Waals surface area contributed by atoms with E-state index in [1.54, 1.807) is 24.3 Å². The molecule has 0 radical (unpaired) electrons. The van der Waals surface area contributed by atoms with Crippen molar-refractivity contribution in [1.29, 1.82) is 0 Å². The van der Waals surface area contributed by atoms with Crippen molar-refractivity contribution in [1.82, 2.24) is 9.71 Å². The highest BCUT2D eigenvalue weighted by Crippen LogP contribution is 2.23. The van der Waals surface area contributed by atoms with E-state index in [0.717, 1.165) is 11.8 Å². The molecule has 0 aliphatic rings. The third-order valence-corrected chi connectivity index (χ3v) is 4.06. The summed E-state index contributed by atoms with van der Waals surface area (Å²) in [6.45, 7) is -0.0958. The molecule has 10 heteroatoms. The standard InChI is InChI=1S/C16H17N3O6S/c1-26(23,24)18-10-8-12-4-6-13(7-5-12)14(20)11-25-15-3-2-9-17-16(15)19(21)22/h2-7,9,18H,8,10-11H2,1H3. The Labute approximate surface area is 150 Å². The van der Waals surface area contributed by atoms with E-state index in [-0.39, 0.29) is 24.7 Å². The Balaban J connectivity index is 1.93. The van der Waals surface area contributed by atoms with Gasteiger partial charge in [-0.15, -0.1) is 0 Å². The molecule has 0 amide bonds. The van der Waals surface area contributed by atoms with Crippen LogP contribution >= 0.6 is 0 Å². The smallest absolute Gasteiger partial charge is 0.406 e. The summed E-state index contributed by atoms with van der Waals surface area (Å²) in [6.07, 6.45) is 2.84. The highest BCUT2D eigenvalue weighted by molar-refractivity contribution is 7.88. The van der Waals surface area contributed by atoms with Gasteiger partial charge in [0.25, 0.3) is 0 Å². The maximum Gasteiger partial charge on any atom is 0.406 e. The average molecular weight is 379 g/mol. The van der Waals surface area contributed by atoms with E-state index >= 15 is 0 Å². The van der Waals surface area contributed by atoms with Crippen molar-refractivity contribution in [3.63, 3.8) is 0 Å². The largest absolute Gasteiger partial charge is 0.477 e. The molecule has 0 atom stereocenters. The lowest BCUT2D eigenvalue weighted by Crippen LogP contribution is -2.24. The van der Waals surface area contributed by atoms with Gasteiger partial charge in [0.1, 0.15) is 6.20 Å². The number of Topliss-reactive ketones (excluding diaryl/α,β-unsaturated/α-hetero) is 1. The van der Waals surface area contributed by atoms with E-state index in [2.05, 4.69) is 9.71 Å². The van der Waals surface area contributed by atoms with Gasteiger partial charge in [0, 0.05) is 12.1 Å². The first-order valence-electron chi connectivity index (χ1n) is 7.55. The molecule has 1 aromatic carbocycles. The van der Waals surface area contributed by atoms with Crippen molar-refractivity contribution in [2.75, 3.05) is 19.4 Å². The van der Waals surface area contributed by atoms with Crippen molar-refractivity contribution in [2.45, 2.75) is 6.42 Å². The molecule has 1 N–H and O–H groups in total. The van der Waals surface area contributed by atoms with Crippen LogP contribution in [0.1, 0.15) is 15.9 Å². The molecular weight excluding hydrogens is 362 g/mol. The zero-order valence-electron chi connectivity index (χ0n) is 13.9. The Morgan fingerprint density at radius 3 is 2.58 bits per heavy atom. The van der Waals surface area contributed by atoms with E-state index in [1.807, 2.05) is 0 Å². The van der Waals surface area contributed by atoms with Gasteiger partial charge in [-0.05, 0) is 34.0 Å². The number of ketones is 1. The van der Waals surface area contributed by atoms with Crippen LogP contribution in [0.15, 0.2) is 42.6 Å². The van der Waals surface area contributed by atoms with Crippen LogP contribution in [0.4, 0.5) is 5.82 Å². The van der Waals surface area contributed by atoms with Crippen LogP contribution in [0.2, 0.25) is 0 Å². The zero-order valence-corrected chi connectivity index (χ0v) is 14.7. The van der Waals surface area contributed by atoms with Crippen LogP contribution in [0.25, 0.3) is 0 Å². The summed E-state index contributed by atoms with van der Waals surface area (Å²) >= 11 is 0. The summed E-state index contributed by atoms with van der Waals surface area (Å²) in [7, 11) is -3.23. The van der Waals surface area contributed by atoms with Gasteiger partial charge in [-0.2, -0.15) is 0 Å². The summed E-state index contributed by atoms with van der Waals surface area (Å²) in [5.41, 5.74) is 1.25. The Hall–Kier alpha value is -2.85. The number of hydrogen-bond donors (Lipinski definition) is 1. The summed E-state index contributed by atoms with van der Waals surface area (Å²) in [5.74, 6) is -0.868. The van der Waals surface area contributed by atoms with Gasteiger partial charge >= 0.3 is 5.82 Å². The minimum absolute atomic E-state index is 0.0747. The lowest BCUT2D eigenvalue weighted by Gasteiger charge is -2.07. The van der Waals surface area contributed by atoms with E-state index < -0.39 is 20.8 Å². The number of carbonyl (C=O) groups is 1. The molecule has 0 fully saturated rings. The number of pyridine rings is 1. The van der Waals surface area contributed by atoms with Crippen LogP contribution in [-0.2, 0) is 16.4 Å². The second kappa shape index (κ2) is 8.50. The van der Waals surface area contributed by atoms with Crippen molar-refractivity contribution in [2.24, 2.45) is 0 Å². The average Bonchev–Trinajstić information content (AvgIpc) is 2.59. The molecule has 0 unspecified atom stereocenters. The first-order chi connectivity index (χ1) is 12.3. The first-order valence-corrected chi connectivity index (χ1v) is 9.44. The van der Waals surface area contributed by atoms with Crippen molar-refractivity contribution >= 4 is 21.6 Å². The van der Waals surface area contributed by atoms with E-state index in [4.69, 9.17) is 4.74 Å². The molecule has 0 saturated carbocycles. The Morgan fingerprint density at radius 2 is 1.96 bits per heavy atom. The van der Waals surface area contributed by atoms with E-state index in [0.29, 0.717) is 12.0 Å². The maximum absolute atomic E-state index is 12.1. The molecule has 2 aromatic rings. The highest BCUT2D eigenvalue weighted by Gasteiger charge is 2.17. The molecular formula is C16H17N3O6S. The molecule has 0 aliphatic heterocycles. The zero-order chi connectivity index (χ0) is 19.2. The molecule has 0 saturated heterocycles. The van der Waals surface area contributed by atoms with Crippen LogP contribution in [-0.4, -0.2) is 43.5 Å². The molecule has 138 valence electrons. The van der Waals surface area contributed by atoms with Crippen LogP contribution in [0.5, 0.6) is 5.75 Å². The number of nitrogens with one attached hydrogen (secondary N) is 1. The molecule has 0 spiro atoms. The lowest BCUT2D eigenvalue weighted by molar-refractivity contribution is -0.390. The molecule has 1 aromatic heterocycles. The van der Waals surface area contributed by atoms with Gasteiger partial charge in [-0.3, -0.25) is 4.79 Å². The second-order valence-corrected chi connectivity index (χ2v) is 7.24. The molecule has 9 nitrogen and oxygen atoms in total. The number of rotatable bonds is 9.